The molecule has 2 amide bonds. The Morgan fingerprint density at radius 1 is 1.03 bits per heavy atom. The summed E-state index contributed by atoms with van der Waals surface area (Å²) in [5, 5.41) is 11.4. The summed E-state index contributed by atoms with van der Waals surface area (Å²) in [6, 6.07) is 14.3. The molecule has 0 spiro atoms. The van der Waals surface area contributed by atoms with Crippen molar-refractivity contribution in [3.8, 4) is 11.1 Å². The van der Waals surface area contributed by atoms with Crippen LogP contribution in [-0.2, 0) is 23.9 Å². The number of carboxylic acid groups (broad SMARTS) is 1. The standard InChI is InChI=1S/C23H24N2O7/c1-25(12-21(28)31-2)22(29)19(11-20(26)27)24-23(30)32-13-18-16-9-5-3-7-14(16)15-8-4-6-10-17(15)18/h3-10,18-19H,11-13H2,1-2H3,(H,24,30)(H,26,27). The van der Waals surface area contributed by atoms with Crippen molar-refractivity contribution in [2.24, 2.45) is 0 Å². The van der Waals surface area contributed by atoms with Crippen LogP contribution in [0.25, 0.3) is 11.1 Å². The Morgan fingerprint density at radius 2 is 1.59 bits per heavy atom. The second-order valence-electron chi connectivity index (χ2n) is 7.39. The number of methoxy groups -OCH3 is 1. The Balaban J connectivity index is 1.67. The summed E-state index contributed by atoms with van der Waals surface area (Å²) in [6.45, 7) is -0.357. The van der Waals surface area contributed by atoms with Crippen molar-refractivity contribution in [1.82, 2.24) is 10.2 Å². The van der Waals surface area contributed by atoms with Gasteiger partial charge < -0.3 is 24.8 Å². The molecule has 1 unspecified atom stereocenters. The molecule has 9 nitrogen and oxygen atoms in total. The fourth-order valence-electron chi connectivity index (χ4n) is 3.76. The number of ether oxygens (including phenoxy) is 2. The van der Waals surface area contributed by atoms with Crippen LogP contribution in [0.1, 0.15) is 23.5 Å². The second kappa shape index (κ2) is 9.95. The highest BCUT2D eigenvalue weighted by Gasteiger charge is 2.31. The minimum absolute atomic E-state index is 0.0197. The maximum atomic E-state index is 12.5. The van der Waals surface area contributed by atoms with Crippen molar-refractivity contribution >= 4 is 23.9 Å². The van der Waals surface area contributed by atoms with E-state index in [9.17, 15) is 19.2 Å². The van der Waals surface area contributed by atoms with Gasteiger partial charge in [0.1, 0.15) is 19.2 Å². The van der Waals surface area contributed by atoms with E-state index in [2.05, 4.69) is 10.1 Å². The molecular formula is C23H24N2O7. The number of fused-ring (bicyclic) bond motifs is 3. The summed E-state index contributed by atoms with van der Waals surface area (Å²) in [4.78, 5) is 48.5. The van der Waals surface area contributed by atoms with Crippen molar-refractivity contribution in [2.45, 2.75) is 18.4 Å². The van der Waals surface area contributed by atoms with Crippen LogP contribution in [0.15, 0.2) is 48.5 Å². The molecule has 168 valence electrons. The normalized spacial score (nSPS) is 12.8. The minimum atomic E-state index is -1.39. The van der Waals surface area contributed by atoms with E-state index < -0.39 is 36.4 Å². The van der Waals surface area contributed by atoms with Crippen molar-refractivity contribution in [2.75, 3.05) is 27.3 Å². The van der Waals surface area contributed by atoms with Crippen molar-refractivity contribution < 1.29 is 33.8 Å². The summed E-state index contributed by atoms with van der Waals surface area (Å²) in [6.07, 6.45) is -1.58. The molecule has 3 rings (SSSR count). The van der Waals surface area contributed by atoms with Gasteiger partial charge in [-0.3, -0.25) is 14.4 Å². The molecule has 9 heteroatoms. The highest BCUT2D eigenvalue weighted by atomic mass is 16.5. The third-order valence-electron chi connectivity index (χ3n) is 5.28. The van der Waals surface area contributed by atoms with E-state index in [1.807, 2.05) is 48.5 Å². The van der Waals surface area contributed by atoms with Gasteiger partial charge in [0.05, 0.1) is 13.5 Å². The van der Waals surface area contributed by atoms with E-state index in [0.717, 1.165) is 27.2 Å². The van der Waals surface area contributed by atoms with E-state index >= 15 is 0 Å². The van der Waals surface area contributed by atoms with Crippen LogP contribution in [0.4, 0.5) is 4.79 Å². The zero-order valence-corrected chi connectivity index (χ0v) is 17.7. The Bertz CT molecular complexity index is 991. The number of carbonyl (C=O) groups excluding carboxylic acids is 3. The molecule has 0 saturated carbocycles. The molecule has 0 bridgehead atoms. The number of nitrogens with zero attached hydrogens (tertiary/aromatic N) is 1. The number of alkyl carbamates (subject to hydrolysis) is 1. The van der Waals surface area contributed by atoms with Crippen LogP contribution in [0, 0.1) is 0 Å². The first-order valence-electron chi connectivity index (χ1n) is 9.97. The number of aliphatic carboxylic acids is 1. The largest absolute Gasteiger partial charge is 0.481 e. The van der Waals surface area contributed by atoms with Crippen LogP contribution in [-0.4, -0.2) is 67.3 Å². The van der Waals surface area contributed by atoms with Gasteiger partial charge in [0, 0.05) is 13.0 Å². The van der Waals surface area contributed by atoms with Crippen LogP contribution < -0.4 is 5.32 Å². The maximum Gasteiger partial charge on any atom is 0.407 e. The number of amides is 2. The lowest BCUT2D eigenvalue weighted by molar-refractivity contribution is -0.147. The van der Waals surface area contributed by atoms with E-state index in [0.29, 0.717) is 0 Å². The number of rotatable bonds is 8. The minimum Gasteiger partial charge on any atom is -0.481 e. The van der Waals surface area contributed by atoms with E-state index in [4.69, 9.17) is 9.84 Å². The van der Waals surface area contributed by atoms with Gasteiger partial charge in [-0.15, -0.1) is 0 Å². The summed E-state index contributed by atoms with van der Waals surface area (Å²) in [5.41, 5.74) is 4.19. The first-order valence-corrected chi connectivity index (χ1v) is 9.97. The fraction of sp³-hybridized carbons (Fsp3) is 0.304. The van der Waals surface area contributed by atoms with Crippen molar-refractivity contribution in [3.05, 3.63) is 59.7 Å². The van der Waals surface area contributed by atoms with Crippen LogP contribution in [0.3, 0.4) is 0 Å². The average molecular weight is 440 g/mol. The van der Waals surface area contributed by atoms with Gasteiger partial charge in [-0.25, -0.2) is 4.79 Å². The lowest BCUT2D eigenvalue weighted by Gasteiger charge is -2.23. The Hall–Kier alpha value is -3.88. The van der Waals surface area contributed by atoms with Gasteiger partial charge in [-0.1, -0.05) is 48.5 Å². The zero-order valence-electron chi connectivity index (χ0n) is 17.7. The number of benzene rings is 2. The van der Waals surface area contributed by atoms with Gasteiger partial charge in [0.2, 0.25) is 5.91 Å². The third-order valence-corrected chi connectivity index (χ3v) is 5.28. The molecule has 0 heterocycles. The number of nitrogens with one attached hydrogen (secondary N) is 1. The number of hydrogen-bond donors (Lipinski definition) is 2. The highest BCUT2D eigenvalue weighted by molar-refractivity contribution is 5.91. The first-order chi connectivity index (χ1) is 15.3. The summed E-state index contributed by atoms with van der Waals surface area (Å²) in [7, 11) is 2.48. The molecule has 0 radical (unpaired) electrons. The molecule has 2 aromatic rings. The average Bonchev–Trinajstić information content (AvgIpc) is 3.10. The number of carbonyl (C=O) groups is 4. The second-order valence-corrected chi connectivity index (χ2v) is 7.39. The number of esters is 1. The molecule has 0 fully saturated rings. The predicted molar refractivity (Wildman–Crippen MR) is 114 cm³/mol. The first kappa shape index (κ1) is 22.8. The SMILES string of the molecule is COC(=O)CN(C)C(=O)C(CC(=O)O)NC(=O)OCC1c2ccccc2-c2ccccc21. The summed E-state index contributed by atoms with van der Waals surface area (Å²) in [5.74, 6) is -2.88. The lowest BCUT2D eigenvalue weighted by atomic mass is 9.98. The topological polar surface area (TPSA) is 122 Å². The zero-order chi connectivity index (χ0) is 23.3. The molecule has 32 heavy (non-hydrogen) atoms. The van der Waals surface area contributed by atoms with Crippen LogP contribution in [0.5, 0.6) is 0 Å². The van der Waals surface area contributed by atoms with Gasteiger partial charge in [0.15, 0.2) is 0 Å². The molecule has 2 aromatic carbocycles. The highest BCUT2D eigenvalue weighted by Crippen LogP contribution is 2.44. The smallest absolute Gasteiger partial charge is 0.407 e. The van der Waals surface area contributed by atoms with Crippen molar-refractivity contribution in [3.63, 3.8) is 0 Å². The van der Waals surface area contributed by atoms with E-state index in [-0.39, 0.29) is 19.1 Å². The lowest BCUT2D eigenvalue weighted by Crippen LogP contribution is -2.49. The fourth-order valence-corrected chi connectivity index (χ4v) is 3.76. The van der Waals surface area contributed by atoms with Gasteiger partial charge in [-0.05, 0) is 22.3 Å². The molecule has 0 saturated heterocycles. The predicted octanol–water partition coefficient (Wildman–Crippen LogP) is 2.00. The van der Waals surface area contributed by atoms with E-state index in [1.165, 1.54) is 14.2 Å². The molecule has 1 atom stereocenters. The summed E-state index contributed by atoms with van der Waals surface area (Å²) < 4.78 is 9.88. The monoisotopic (exact) mass is 440 g/mol. The number of likely N-dealkylation sites (N-methyl/N-ethyl adjacent to an activating group) is 1. The molecule has 2 N–H and O–H groups in total. The van der Waals surface area contributed by atoms with Gasteiger partial charge >= 0.3 is 18.0 Å². The number of hydrogen-bond acceptors (Lipinski definition) is 6. The van der Waals surface area contributed by atoms with Gasteiger partial charge in [0.25, 0.3) is 0 Å². The van der Waals surface area contributed by atoms with Crippen LogP contribution >= 0.6 is 0 Å². The van der Waals surface area contributed by atoms with Gasteiger partial charge in [-0.2, -0.15) is 0 Å². The third kappa shape index (κ3) is 5.05. The molecule has 1 aliphatic rings. The molecule has 0 aromatic heterocycles. The Labute approximate surface area is 184 Å². The summed E-state index contributed by atoms with van der Waals surface area (Å²) >= 11 is 0. The van der Waals surface area contributed by atoms with E-state index in [1.54, 1.807) is 0 Å². The Morgan fingerprint density at radius 3 is 2.12 bits per heavy atom. The maximum absolute atomic E-state index is 12.5. The number of carboxylic acids is 1. The quantitative estimate of drug-likeness (QED) is 0.602. The van der Waals surface area contributed by atoms with Crippen LogP contribution in [0.2, 0.25) is 0 Å². The molecular weight excluding hydrogens is 416 g/mol. The molecule has 0 aliphatic heterocycles. The van der Waals surface area contributed by atoms with Crippen molar-refractivity contribution in [1.29, 1.82) is 0 Å². The molecule has 1 aliphatic carbocycles. The Kier molecular flexibility index (Phi) is 7.09.